The molecule has 0 fully saturated rings. The highest BCUT2D eigenvalue weighted by molar-refractivity contribution is 7.71. The van der Waals surface area contributed by atoms with Gasteiger partial charge in [0.1, 0.15) is 0 Å². The van der Waals surface area contributed by atoms with Crippen LogP contribution < -0.4 is 5.56 Å². The first kappa shape index (κ1) is 18.4. The Morgan fingerprint density at radius 3 is 2.74 bits per heavy atom. The Morgan fingerprint density at radius 1 is 1.15 bits per heavy atom. The highest BCUT2D eigenvalue weighted by atomic mass is 35.5. The van der Waals surface area contributed by atoms with Gasteiger partial charge in [-0.1, -0.05) is 35.3 Å². The Morgan fingerprint density at radius 2 is 2.00 bits per heavy atom. The molecule has 3 heterocycles. The molecule has 3 aromatic rings. The number of hydrogen-bond acceptors (Lipinski definition) is 4. The first-order chi connectivity index (χ1) is 13.0. The molecule has 1 aliphatic heterocycles. The van der Waals surface area contributed by atoms with Gasteiger partial charge in [0.05, 0.1) is 21.3 Å². The van der Waals surface area contributed by atoms with E-state index >= 15 is 0 Å². The van der Waals surface area contributed by atoms with Crippen LogP contribution in [0.2, 0.25) is 10.0 Å². The molecule has 8 heteroatoms. The van der Waals surface area contributed by atoms with Crippen LogP contribution in [0, 0.1) is 4.77 Å². The van der Waals surface area contributed by atoms with E-state index in [0.717, 1.165) is 47.6 Å². The number of fused-ring (bicyclic) bond motifs is 1. The molecule has 0 bridgehead atoms. The largest absolute Gasteiger partial charge is 0.335 e. The molecular weight excluding hydrogens is 403 g/mol. The summed E-state index contributed by atoms with van der Waals surface area (Å²) in [6.07, 6.45) is 2.63. The van der Waals surface area contributed by atoms with E-state index in [4.69, 9.17) is 35.4 Å². The van der Waals surface area contributed by atoms with Gasteiger partial charge in [-0.25, -0.2) is 0 Å². The van der Waals surface area contributed by atoms with Crippen molar-refractivity contribution in [1.82, 2.24) is 19.9 Å². The normalized spacial score (nSPS) is 14.1. The Kier molecular flexibility index (Phi) is 5.14. The van der Waals surface area contributed by atoms with Crippen molar-refractivity contribution in [1.29, 1.82) is 0 Å². The quantitative estimate of drug-likeness (QED) is 0.620. The van der Waals surface area contributed by atoms with Crippen LogP contribution in [-0.4, -0.2) is 26.4 Å². The highest BCUT2D eigenvalue weighted by Crippen LogP contribution is 2.27. The Hall–Kier alpha value is -1.99. The lowest BCUT2D eigenvalue weighted by molar-refractivity contribution is 0.241. The molecule has 0 unspecified atom stereocenters. The van der Waals surface area contributed by atoms with E-state index in [1.807, 2.05) is 30.5 Å². The minimum Gasteiger partial charge on any atom is -0.335 e. The maximum atomic E-state index is 12.1. The van der Waals surface area contributed by atoms with Crippen molar-refractivity contribution < 1.29 is 0 Å². The molecule has 2 N–H and O–H groups in total. The Balaban J connectivity index is 1.50. The van der Waals surface area contributed by atoms with Gasteiger partial charge in [-0.15, -0.1) is 0 Å². The van der Waals surface area contributed by atoms with Gasteiger partial charge in [0.25, 0.3) is 5.56 Å². The van der Waals surface area contributed by atoms with Crippen LogP contribution in [0.15, 0.2) is 41.3 Å². The SMILES string of the molecule is O=c1[nH]c(=S)[nH]c2c1CN(Cc1ccc(-c3ccc(Cl)c(Cl)c3)nc1)CC2. The lowest BCUT2D eigenvalue weighted by atomic mass is 10.1. The fraction of sp³-hybridized carbons (Fsp3) is 0.211. The summed E-state index contributed by atoms with van der Waals surface area (Å²) in [5.41, 5.74) is 4.44. The number of aromatic amines is 2. The summed E-state index contributed by atoms with van der Waals surface area (Å²) in [6, 6.07) is 9.49. The summed E-state index contributed by atoms with van der Waals surface area (Å²) in [6.45, 7) is 2.17. The number of rotatable bonds is 3. The number of hydrogen-bond donors (Lipinski definition) is 2. The predicted molar refractivity (Wildman–Crippen MR) is 110 cm³/mol. The van der Waals surface area contributed by atoms with E-state index in [2.05, 4.69) is 19.9 Å². The minimum atomic E-state index is -0.105. The van der Waals surface area contributed by atoms with Crippen LogP contribution in [0.25, 0.3) is 11.3 Å². The predicted octanol–water partition coefficient (Wildman–Crippen LogP) is 4.36. The van der Waals surface area contributed by atoms with E-state index in [1.54, 1.807) is 6.07 Å². The topological polar surface area (TPSA) is 64.8 Å². The third kappa shape index (κ3) is 3.99. The number of pyridine rings is 1. The first-order valence-corrected chi connectivity index (χ1v) is 9.63. The number of aromatic nitrogens is 3. The van der Waals surface area contributed by atoms with Gasteiger partial charge in [-0.05, 0) is 36.0 Å². The summed E-state index contributed by atoms with van der Waals surface area (Å²) in [5.74, 6) is 0. The van der Waals surface area contributed by atoms with Crippen molar-refractivity contribution in [3.8, 4) is 11.3 Å². The summed E-state index contributed by atoms with van der Waals surface area (Å²) in [4.78, 5) is 24.7. The molecule has 1 aromatic carbocycles. The Labute approximate surface area is 171 Å². The van der Waals surface area contributed by atoms with Gasteiger partial charge in [0.2, 0.25) is 0 Å². The summed E-state index contributed by atoms with van der Waals surface area (Å²) >= 11 is 17.1. The van der Waals surface area contributed by atoms with E-state index in [0.29, 0.717) is 21.4 Å². The zero-order chi connectivity index (χ0) is 19.0. The van der Waals surface area contributed by atoms with Crippen molar-refractivity contribution in [2.24, 2.45) is 0 Å². The molecule has 1 aliphatic rings. The molecule has 5 nitrogen and oxygen atoms in total. The molecule has 0 spiro atoms. The molecular formula is C19H16Cl2N4OS. The number of benzene rings is 1. The van der Waals surface area contributed by atoms with E-state index in [-0.39, 0.29) is 5.56 Å². The second-order valence-electron chi connectivity index (χ2n) is 6.51. The van der Waals surface area contributed by atoms with E-state index in [9.17, 15) is 4.79 Å². The third-order valence-electron chi connectivity index (χ3n) is 4.64. The van der Waals surface area contributed by atoms with Crippen LogP contribution in [0.5, 0.6) is 0 Å². The fourth-order valence-corrected chi connectivity index (χ4v) is 3.76. The number of halogens is 2. The van der Waals surface area contributed by atoms with Gasteiger partial charge < -0.3 is 4.98 Å². The minimum absolute atomic E-state index is 0.105. The van der Waals surface area contributed by atoms with Crippen LogP contribution in [0.3, 0.4) is 0 Å². The van der Waals surface area contributed by atoms with Gasteiger partial charge in [0, 0.05) is 43.5 Å². The first-order valence-electron chi connectivity index (χ1n) is 8.46. The maximum Gasteiger partial charge on any atom is 0.256 e. The molecule has 0 amide bonds. The zero-order valence-corrected chi connectivity index (χ0v) is 16.6. The molecule has 27 heavy (non-hydrogen) atoms. The summed E-state index contributed by atoms with van der Waals surface area (Å²) in [5, 5.41) is 1.04. The van der Waals surface area contributed by atoms with Crippen molar-refractivity contribution >= 4 is 35.4 Å². The number of nitrogens with zero attached hydrogens (tertiary/aromatic N) is 2. The smallest absolute Gasteiger partial charge is 0.256 e. The van der Waals surface area contributed by atoms with Crippen molar-refractivity contribution in [2.45, 2.75) is 19.5 Å². The Bertz CT molecular complexity index is 1110. The van der Waals surface area contributed by atoms with E-state index < -0.39 is 0 Å². The van der Waals surface area contributed by atoms with Gasteiger partial charge in [-0.3, -0.25) is 19.7 Å². The summed E-state index contributed by atoms with van der Waals surface area (Å²) < 4.78 is 0.384. The molecule has 2 aromatic heterocycles. The summed E-state index contributed by atoms with van der Waals surface area (Å²) in [7, 11) is 0. The van der Waals surface area contributed by atoms with Crippen LogP contribution in [0.4, 0.5) is 0 Å². The second-order valence-corrected chi connectivity index (χ2v) is 7.73. The van der Waals surface area contributed by atoms with Gasteiger partial charge in [0.15, 0.2) is 4.77 Å². The molecule has 0 aliphatic carbocycles. The van der Waals surface area contributed by atoms with Gasteiger partial charge >= 0.3 is 0 Å². The average Bonchev–Trinajstić information content (AvgIpc) is 2.65. The standard InChI is InChI=1S/C19H16Cl2N4OS/c20-14-3-2-12(7-15(14)21)16-4-1-11(8-22-16)9-25-6-5-17-13(10-25)18(26)24-19(27)23-17/h1-4,7-8H,5-6,9-10H2,(H2,23,24,26,27). The maximum absolute atomic E-state index is 12.1. The molecule has 0 atom stereocenters. The van der Waals surface area contributed by atoms with Crippen LogP contribution >= 0.6 is 35.4 Å². The monoisotopic (exact) mass is 418 g/mol. The second kappa shape index (κ2) is 7.56. The van der Waals surface area contributed by atoms with Crippen molar-refractivity contribution in [3.05, 3.63) is 78.5 Å². The van der Waals surface area contributed by atoms with Gasteiger partial charge in [-0.2, -0.15) is 0 Å². The van der Waals surface area contributed by atoms with Crippen molar-refractivity contribution in [2.75, 3.05) is 6.54 Å². The molecule has 0 saturated heterocycles. The van der Waals surface area contributed by atoms with Crippen LogP contribution in [0.1, 0.15) is 16.8 Å². The highest BCUT2D eigenvalue weighted by Gasteiger charge is 2.19. The lowest BCUT2D eigenvalue weighted by Gasteiger charge is -2.27. The average molecular weight is 419 g/mol. The van der Waals surface area contributed by atoms with Crippen LogP contribution in [-0.2, 0) is 19.5 Å². The molecule has 138 valence electrons. The fourth-order valence-electron chi connectivity index (χ4n) is 3.25. The lowest BCUT2D eigenvalue weighted by Crippen LogP contribution is -2.35. The molecule has 0 saturated carbocycles. The number of H-pyrrole nitrogens is 2. The number of nitrogens with one attached hydrogen (secondary N) is 2. The van der Waals surface area contributed by atoms with Crippen molar-refractivity contribution in [3.63, 3.8) is 0 Å². The van der Waals surface area contributed by atoms with E-state index in [1.165, 1.54) is 0 Å². The molecule has 4 rings (SSSR count). The third-order valence-corrected chi connectivity index (χ3v) is 5.58. The zero-order valence-electron chi connectivity index (χ0n) is 14.3. The molecule has 0 radical (unpaired) electrons.